The van der Waals surface area contributed by atoms with Crippen LogP contribution in [0.2, 0.25) is 0 Å². The molecule has 13 nitrogen and oxygen atoms in total. The van der Waals surface area contributed by atoms with Crippen LogP contribution in [0.5, 0.6) is 5.75 Å². The lowest BCUT2D eigenvalue weighted by Crippen LogP contribution is -2.60. The van der Waals surface area contributed by atoms with Crippen LogP contribution in [0.15, 0.2) is 54.6 Å². The number of phenolic OH excluding ortho intramolecular Hbond substituents is 1. The molecule has 6 amide bonds. The van der Waals surface area contributed by atoms with Crippen LogP contribution >= 0.6 is 0 Å². The van der Waals surface area contributed by atoms with Gasteiger partial charge in [0.2, 0.25) is 35.4 Å². The number of fused-ring (bicyclic) bond motifs is 2. The van der Waals surface area contributed by atoms with Gasteiger partial charge in [-0.3, -0.25) is 28.8 Å². The van der Waals surface area contributed by atoms with Crippen molar-refractivity contribution in [3.63, 3.8) is 0 Å². The number of rotatable bonds is 6. The van der Waals surface area contributed by atoms with Crippen molar-refractivity contribution in [3.05, 3.63) is 65.7 Å². The third kappa shape index (κ3) is 8.95. The van der Waals surface area contributed by atoms with E-state index in [0.717, 1.165) is 5.56 Å². The topological polar surface area (TPSA) is 177 Å². The number of hydrogen-bond donors (Lipinski definition) is 5. The Labute approximate surface area is 286 Å². The molecule has 0 aliphatic carbocycles. The Hall–Kier alpha value is -4.94. The molecule has 0 spiro atoms. The molecule has 3 aliphatic rings. The highest BCUT2D eigenvalue weighted by Crippen LogP contribution is 2.23. The second kappa shape index (κ2) is 16.0. The fourth-order valence-corrected chi connectivity index (χ4v) is 6.90. The van der Waals surface area contributed by atoms with E-state index in [1.165, 1.54) is 21.9 Å². The Bertz CT molecular complexity index is 1530. The summed E-state index contributed by atoms with van der Waals surface area (Å²) in [5, 5.41) is 21.0. The molecule has 5 atom stereocenters. The predicted octanol–water partition coefficient (Wildman–Crippen LogP) is 0.790. The third-order valence-corrected chi connectivity index (χ3v) is 9.35. The van der Waals surface area contributed by atoms with Gasteiger partial charge >= 0.3 is 0 Å². The van der Waals surface area contributed by atoms with Crippen molar-refractivity contribution in [1.82, 2.24) is 31.1 Å². The van der Waals surface area contributed by atoms with Crippen molar-refractivity contribution in [2.75, 3.05) is 19.6 Å². The van der Waals surface area contributed by atoms with Crippen molar-refractivity contribution in [2.45, 2.75) is 89.0 Å². The van der Waals surface area contributed by atoms with Gasteiger partial charge in [0.25, 0.3) is 0 Å². The van der Waals surface area contributed by atoms with Crippen LogP contribution in [0.1, 0.15) is 57.1 Å². The van der Waals surface area contributed by atoms with Gasteiger partial charge < -0.3 is 36.2 Å². The number of phenols is 1. The molecule has 2 aromatic rings. The first-order chi connectivity index (χ1) is 23.5. The fraction of sp³-hybridized carbons (Fsp3) is 0.500. The standard InChI is InChI=1S/C36H46N6O7/c1-22(2)18-27-35(48)42-17-7-11-30(42)34(47)39-26(19-24-12-14-25(43)15-13-24)32(45)40-28(20-23-8-4-3-5-9-23)36(49)41-16-6-10-29(41)33(46)37-21-31(44)38-27/h3-5,8-9,12-15,22,26-30,43H,6-7,10-11,16-21H2,1-2H3,(H,37,46)(H,38,44)(H,39,47)(H,40,45)/t26-,27+,28-,29+,30+/m1/s1. The van der Waals surface area contributed by atoms with Gasteiger partial charge in [0.1, 0.15) is 36.0 Å². The molecule has 13 heteroatoms. The summed E-state index contributed by atoms with van der Waals surface area (Å²) in [6.07, 6.45) is 2.38. The fourth-order valence-electron chi connectivity index (χ4n) is 6.90. The minimum atomic E-state index is -1.14. The minimum absolute atomic E-state index is 0.0388. The molecule has 0 aromatic heterocycles. The van der Waals surface area contributed by atoms with E-state index < -0.39 is 65.7 Å². The lowest BCUT2D eigenvalue weighted by Gasteiger charge is -2.32. The molecule has 5 rings (SSSR count). The van der Waals surface area contributed by atoms with E-state index in [4.69, 9.17) is 0 Å². The highest BCUT2D eigenvalue weighted by atomic mass is 16.3. The Morgan fingerprint density at radius 1 is 0.673 bits per heavy atom. The zero-order chi connectivity index (χ0) is 35.1. The molecule has 0 unspecified atom stereocenters. The molecule has 3 heterocycles. The number of amides is 6. The maximum Gasteiger partial charge on any atom is 0.246 e. The SMILES string of the molecule is CC(C)C[C@@H]1NC(=O)CNC(=O)[C@@H]2CCCN2C(=O)[C@@H](Cc2ccccc2)NC(=O)[C@@H](Cc2ccc(O)cc2)NC(=O)[C@@H]2CCCN2C1=O. The average Bonchev–Trinajstić information content (AvgIpc) is 3.77. The van der Waals surface area contributed by atoms with E-state index in [1.807, 2.05) is 44.2 Å². The molecule has 49 heavy (non-hydrogen) atoms. The summed E-state index contributed by atoms with van der Waals surface area (Å²) in [6, 6.07) is 10.6. The summed E-state index contributed by atoms with van der Waals surface area (Å²) in [5.74, 6) is -2.92. The van der Waals surface area contributed by atoms with Crippen molar-refractivity contribution in [1.29, 1.82) is 0 Å². The van der Waals surface area contributed by atoms with Crippen LogP contribution in [0.4, 0.5) is 0 Å². The molecule has 5 N–H and O–H groups in total. The Balaban J connectivity index is 1.50. The third-order valence-electron chi connectivity index (χ3n) is 9.35. The second-order valence-electron chi connectivity index (χ2n) is 13.5. The zero-order valence-corrected chi connectivity index (χ0v) is 28.0. The average molecular weight is 675 g/mol. The highest BCUT2D eigenvalue weighted by molar-refractivity contribution is 5.98. The normalized spacial score (nSPS) is 25.9. The van der Waals surface area contributed by atoms with Crippen LogP contribution in [-0.2, 0) is 41.6 Å². The largest absolute Gasteiger partial charge is 0.508 e. The van der Waals surface area contributed by atoms with Gasteiger partial charge in [-0.05, 0) is 61.3 Å². The smallest absolute Gasteiger partial charge is 0.246 e. The molecule has 0 bridgehead atoms. The molecular weight excluding hydrogens is 628 g/mol. The monoisotopic (exact) mass is 674 g/mol. The molecule has 3 aliphatic heterocycles. The van der Waals surface area contributed by atoms with Crippen molar-refractivity contribution >= 4 is 35.4 Å². The quantitative estimate of drug-likeness (QED) is 0.301. The predicted molar refractivity (Wildman–Crippen MR) is 180 cm³/mol. The van der Waals surface area contributed by atoms with Crippen LogP contribution in [-0.4, -0.2) is 100 Å². The molecule has 3 fully saturated rings. The first-order valence-corrected chi connectivity index (χ1v) is 17.1. The lowest BCUT2D eigenvalue weighted by atomic mass is 10.0. The van der Waals surface area contributed by atoms with Crippen LogP contribution < -0.4 is 21.3 Å². The first-order valence-electron chi connectivity index (χ1n) is 17.1. The summed E-state index contributed by atoms with van der Waals surface area (Å²) in [7, 11) is 0. The first kappa shape index (κ1) is 35.4. The number of aromatic hydroxyl groups is 1. The number of benzene rings is 2. The second-order valence-corrected chi connectivity index (χ2v) is 13.5. The van der Waals surface area contributed by atoms with Gasteiger partial charge in [0.05, 0.1) is 6.54 Å². The van der Waals surface area contributed by atoms with Crippen molar-refractivity contribution in [2.24, 2.45) is 5.92 Å². The van der Waals surface area contributed by atoms with Gasteiger partial charge in [-0.15, -0.1) is 0 Å². The Kier molecular flexibility index (Phi) is 11.5. The Morgan fingerprint density at radius 3 is 1.86 bits per heavy atom. The van der Waals surface area contributed by atoms with Gasteiger partial charge in [0.15, 0.2) is 0 Å². The van der Waals surface area contributed by atoms with Crippen LogP contribution in [0, 0.1) is 5.92 Å². The highest BCUT2D eigenvalue weighted by Gasteiger charge is 2.41. The molecular formula is C36H46N6O7. The van der Waals surface area contributed by atoms with Crippen LogP contribution in [0.3, 0.4) is 0 Å². The number of carbonyl (C=O) groups is 6. The lowest BCUT2D eigenvalue weighted by molar-refractivity contribution is -0.144. The molecule has 2 aromatic carbocycles. The number of nitrogens with one attached hydrogen (secondary N) is 4. The van der Waals surface area contributed by atoms with E-state index in [0.29, 0.717) is 50.8 Å². The van der Waals surface area contributed by atoms with Crippen molar-refractivity contribution in [3.8, 4) is 5.75 Å². The van der Waals surface area contributed by atoms with Crippen LogP contribution in [0.25, 0.3) is 0 Å². The maximum atomic E-state index is 14.2. The van der Waals surface area contributed by atoms with Gasteiger partial charge in [-0.25, -0.2) is 0 Å². The van der Waals surface area contributed by atoms with E-state index in [9.17, 15) is 33.9 Å². The summed E-state index contributed by atoms with van der Waals surface area (Å²) >= 11 is 0. The summed E-state index contributed by atoms with van der Waals surface area (Å²) in [6.45, 7) is 4.05. The number of hydrogen-bond acceptors (Lipinski definition) is 7. The molecule has 3 saturated heterocycles. The molecule has 0 saturated carbocycles. The zero-order valence-electron chi connectivity index (χ0n) is 28.0. The number of carbonyl (C=O) groups excluding carboxylic acids is 6. The summed E-state index contributed by atoms with van der Waals surface area (Å²) in [5.41, 5.74) is 1.44. The Morgan fingerprint density at radius 2 is 1.22 bits per heavy atom. The maximum absolute atomic E-state index is 14.2. The van der Waals surface area contributed by atoms with E-state index in [2.05, 4.69) is 21.3 Å². The molecule has 262 valence electrons. The van der Waals surface area contributed by atoms with Gasteiger partial charge in [-0.1, -0.05) is 56.3 Å². The van der Waals surface area contributed by atoms with E-state index in [1.54, 1.807) is 12.1 Å². The van der Waals surface area contributed by atoms with Gasteiger partial charge in [-0.2, -0.15) is 0 Å². The van der Waals surface area contributed by atoms with Crippen molar-refractivity contribution < 1.29 is 33.9 Å². The van der Waals surface area contributed by atoms with E-state index in [-0.39, 0.29) is 31.1 Å². The van der Waals surface area contributed by atoms with E-state index >= 15 is 0 Å². The number of nitrogens with zero attached hydrogens (tertiary/aromatic N) is 2. The summed E-state index contributed by atoms with van der Waals surface area (Å²) < 4.78 is 0. The molecule has 0 radical (unpaired) electrons. The van der Waals surface area contributed by atoms with Gasteiger partial charge in [0, 0.05) is 25.9 Å². The summed E-state index contributed by atoms with van der Waals surface area (Å²) in [4.78, 5) is 85.5. The minimum Gasteiger partial charge on any atom is -0.508 e.